The van der Waals surface area contributed by atoms with Crippen LogP contribution >= 0.6 is 11.6 Å². The number of aromatic nitrogens is 2. The molecule has 1 aromatic heterocycles. The van der Waals surface area contributed by atoms with Gasteiger partial charge in [-0.3, -0.25) is 9.59 Å². The van der Waals surface area contributed by atoms with Crippen molar-refractivity contribution in [2.75, 3.05) is 5.32 Å². The number of carboxylic acid groups (broad SMARTS) is 1. The minimum Gasteiger partial charge on any atom is -0.481 e. The second kappa shape index (κ2) is 11.2. The van der Waals surface area contributed by atoms with E-state index in [1.165, 1.54) is 5.56 Å². The molecule has 3 aromatic rings. The second-order valence-corrected chi connectivity index (χ2v) is 10.1. The summed E-state index contributed by atoms with van der Waals surface area (Å²) < 4.78 is 1.95. The van der Waals surface area contributed by atoms with Gasteiger partial charge in [0, 0.05) is 11.9 Å². The number of carbonyl (C=O) groups excluding carboxylic acids is 1. The summed E-state index contributed by atoms with van der Waals surface area (Å²) in [6.45, 7) is 9.60. The lowest BCUT2D eigenvalue weighted by Gasteiger charge is -2.38. The number of carboxylic acids is 1. The molecule has 0 saturated heterocycles. The van der Waals surface area contributed by atoms with Crippen molar-refractivity contribution in [3.8, 4) is 0 Å². The van der Waals surface area contributed by atoms with Crippen LogP contribution in [0.3, 0.4) is 0 Å². The molecule has 0 spiro atoms. The Labute approximate surface area is 217 Å². The number of carbonyl (C=O) groups is 2. The number of hydrogen-bond acceptors (Lipinski definition) is 4. The number of nitrogens with zero attached hydrogens (tertiary/aromatic N) is 2. The third kappa shape index (κ3) is 5.90. The van der Waals surface area contributed by atoms with Crippen molar-refractivity contribution in [1.82, 2.24) is 15.1 Å². The Balaban J connectivity index is 0.000000840. The van der Waals surface area contributed by atoms with Gasteiger partial charge in [-0.2, -0.15) is 5.10 Å². The molecule has 7 nitrogen and oxygen atoms in total. The summed E-state index contributed by atoms with van der Waals surface area (Å²) in [4.78, 5) is 22.6. The van der Waals surface area contributed by atoms with Gasteiger partial charge in [-0.15, -0.1) is 0 Å². The highest BCUT2D eigenvalue weighted by Gasteiger charge is 2.38. The van der Waals surface area contributed by atoms with E-state index < -0.39 is 11.5 Å². The molecule has 0 bridgehead atoms. The van der Waals surface area contributed by atoms with E-state index in [2.05, 4.69) is 55.6 Å². The molecule has 36 heavy (non-hydrogen) atoms. The van der Waals surface area contributed by atoms with Gasteiger partial charge in [-0.1, -0.05) is 67.9 Å². The number of hydrogen-bond donors (Lipinski definition) is 3. The molecule has 0 fully saturated rings. The molecule has 1 amide bonds. The Kier molecular flexibility index (Phi) is 8.46. The highest BCUT2D eigenvalue weighted by atomic mass is 35.5. The minimum absolute atomic E-state index is 0.111. The highest BCUT2D eigenvalue weighted by Crippen LogP contribution is 2.40. The van der Waals surface area contributed by atoms with E-state index in [0.717, 1.165) is 37.6 Å². The summed E-state index contributed by atoms with van der Waals surface area (Å²) in [6.07, 6.45) is 4.11. The summed E-state index contributed by atoms with van der Waals surface area (Å²) in [5, 5.41) is 19.6. The summed E-state index contributed by atoms with van der Waals surface area (Å²) >= 11 is 6.10. The Morgan fingerprint density at radius 2 is 1.72 bits per heavy atom. The number of fused-ring (bicyclic) bond motifs is 1. The molecule has 1 atom stereocenters. The van der Waals surface area contributed by atoms with Crippen molar-refractivity contribution in [1.29, 1.82) is 0 Å². The lowest BCUT2D eigenvalue weighted by Crippen LogP contribution is -2.45. The first-order valence-corrected chi connectivity index (χ1v) is 12.6. The van der Waals surface area contributed by atoms with Gasteiger partial charge in [0.25, 0.3) is 11.9 Å². The number of rotatable bonds is 6. The van der Waals surface area contributed by atoms with Gasteiger partial charge in [-0.25, -0.2) is 4.68 Å². The predicted molar refractivity (Wildman–Crippen MR) is 143 cm³/mol. The number of halogens is 1. The van der Waals surface area contributed by atoms with E-state index in [9.17, 15) is 4.79 Å². The lowest BCUT2D eigenvalue weighted by atomic mass is 9.84. The lowest BCUT2D eigenvalue weighted by molar-refractivity contribution is -0.134. The van der Waals surface area contributed by atoms with Crippen LogP contribution in [0.2, 0.25) is 5.02 Å². The van der Waals surface area contributed by atoms with Crippen molar-refractivity contribution >= 4 is 29.3 Å². The maximum Gasteiger partial charge on any atom is 0.300 e. The van der Waals surface area contributed by atoms with Crippen molar-refractivity contribution in [3.05, 3.63) is 82.5 Å². The average Bonchev–Trinajstić information content (AvgIpc) is 3.28. The zero-order valence-corrected chi connectivity index (χ0v) is 22.3. The van der Waals surface area contributed by atoms with Crippen molar-refractivity contribution < 1.29 is 14.7 Å². The fourth-order valence-corrected chi connectivity index (χ4v) is 4.89. The van der Waals surface area contributed by atoms with E-state index in [1.54, 1.807) is 6.20 Å². The molecular formula is C28H35ClN4O3. The molecule has 3 N–H and O–H groups in total. The van der Waals surface area contributed by atoms with E-state index in [4.69, 9.17) is 21.5 Å². The van der Waals surface area contributed by atoms with Gasteiger partial charge in [0.05, 0.1) is 23.3 Å². The smallest absolute Gasteiger partial charge is 0.300 e. The molecule has 1 aliphatic heterocycles. The number of amides is 1. The van der Waals surface area contributed by atoms with Crippen molar-refractivity contribution in [3.63, 3.8) is 0 Å². The SMILES string of the molecule is CC(=O)O.CCC(CC)(NC(=O)c1cnn2c1NC(c1ccccc1)CC2(C)C)c1ccc(Cl)cc1. The van der Waals surface area contributed by atoms with Crippen LogP contribution in [0.15, 0.2) is 60.8 Å². The maximum atomic E-state index is 13.6. The first-order valence-electron chi connectivity index (χ1n) is 12.2. The summed E-state index contributed by atoms with van der Waals surface area (Å²) in [5.74, 6) is -0.188. The molecule has 0 saturated carbocycles. The van der Waals surface area contributed by atoms with E-state index >= 15 is 0 Å². The number of benzene rings is 2. The van der Waals surface area contributed by atoms with Crippen molar-refractivity contribution in [2.45, 2.75) is 71.0 Å². The maximum absolute atomic E-state index is 13.6. The van der Waals surface area contributed by atoms with Gasteiger partial charge < -0.3 is 15.7 Å². The van der Waals surface area contributed by atoms with Crippen LogP contribution in [-0.2, 0) is 15.9 Å². The van der Waals surface area contributed by atoms with Crippen LogP contribution in [0.5, 0.6) is 0 Å². The first kappa shape index (κ1) is 27.3. The van der Waals surface area contributed by atoms with E-state index in [1.807, 2.05) is 47.1 Å². The zero-order chi connectivity index (χ0) is 26.5. The molecule has 4 rings (SSSR count). The average molecular weight is 511 g/mol. The topological polar surface area (TPSA) is 96.2 Å². The number of nitrogens with one attached hydrogen (secondary N) is 2. The largest absolute Gasteiger partial charge is 0.481 e. The fourth-order valence-electron chi connectivity index (χ4n) is 4.76. The molecule has 0 aliphatic carbocycles. The van der Waals surface area contributed by atoms with Crippen LogP contribution in [0.25, 0.3) is 0 Å². The quantitative estimate of drug-likeness (QED) is 0.358. The molecular weight excluding hydrogens is 476 g/mol. The molecule has 8 heteroatoms. The van der Waals surface area contributed by atoms with Crippen molar-refractivity contribution in [2.24, 2.45) is 0 Å². The van der Waals surface area contributed by atoms with Crippen LogP contribution in [0.1, 0.15) is 81.4 Å². The van der Waals surface area contributed by atoms with Gasteiger partial charge in [-0.05, 0) is 56.4 Å². The summed E-state index contributed by atoms with van der Waals surface area (Å²) in [6, 6.07) is 18.2. The van der Waals surface area contributed by atoms with Crippen LogP contribution in [-0.4, -0.2) is 26.8 Å². The fraction of sp³-hybridized carbons (Fsp3) is 0.393. The Hall–Kier alpha value is -3.32. The Bertz CT molecular complexity index is 1180. The molecule has 192 valence electrons. The first-order chi connectivity index (χ1) is 17.0. The Morgan fingerprint density at radius 1 is 1.14 bits per heavy atom. The molecule has 2 heterocycles. The predicted octanol–water partition coefficient (Wildman–Crippen LogP) is 6.36. The third-order valence-corrected chi connectivity index (χ3v) is 7.01. The Morgan fingerprint density at radius 3 is 2.28 bits per heavy atom. The molecule has 1 aliphatic rings. The number of aliphatic carboxylic acids is 1. The van der Waals surface area contributed by atoms with Gasteiger partial charge in [0.15, 0.2) is 0 Å². The number of anilines is 1. The highest BCUT2D eigenvalue weighted by molar-refractivity contribution is 6.30. The monoisotopic (exact) mass is 510 g/mol. The summed E-state index contributed by atoms with van der Waals surface area (Å²) in [7, 11) is 0. The van der Waals surface area contributed by atoms with Gasteiger partial charge in [0.1, 0.15) is 11.4 Å². The molecule has 2 aromatic carbocycles. The second-order valence-electron chi connectivity index (χ2n) is 9.71. The third-order valence-electron chi connectivity index (χ3n) is 6.76. The van der Waals surface area contributed by atoms with Gasteiger partial charge >= 0.3 is 0 Å². The molecule has 0 radical (unpaired) electrons. The molecule has 1 unspecified atom stereocenters. The zero-order valence-electron chi connectivity index (χ0n) is 21.5. The normalized spacial score (nSPS) is 16.1. The standard InChI is InChI=1S/C26H31ClN4O.C2H4O2/c1-5-26(6-2,19-12-14-20(27)15-13-19)30-24(32)21-17-28-31-23(21)29-22(16-25(31,3)4)18-10-8-7-9-11-18;1-2(3)4/h7-15,17,22,29H,5-6,16H2,1-4H3,(H,30,32);1H3,(H,3,4). The van der Waals surface area contributed by atoms with Crippen LogP contribution in [0, 0.1) is 0 Å². The van der Waals surface area contributed by atoms with Gasteiger partial charge in [0.2, 0.25) is 0 Å². The van der Waals surface area contributed by atoms with E-state index in [-0.39, 0.29) is 17.5 Å². The van der Waals surface area contributed by atoms with Crippen LogP contribution < -0.4 is 10.6 Å². The summed E-state index contributed by atoms with van der Waals surface area (Å²) in [5.41, 5.74) is 2.13. The minimum atomic E-state index is -0.833. The van der Waals surface area contributed by atoms with Crippen LogP contribution in [0.4, 0.5) is 5.82 Å². The van der Waals surface area contributed by atoms with E-state index in [0.29, 0.717) is 10.6 Å².